The zero-order valence-electron chi connectivity index (χ0n) is 15.5. The molecule has 0 aliphatic carbocycles. The van der Waals surface area contributed by atoms with Gasteiger partial charge in [-0.1, -0.05) is 30.3 Å². The van der Waals surface area contributed by atoms with Crippen LogP contribution in [0.15, 0.2) is 59.0 Å². The number of ether oxygens (including phenoxy) is 2. The molecule has 1 atom stereocenters. The Bertz CT molecular complexity index is 969. The lowest BCUT2D eigenvalue weighted by Crippen LogP contribution is -2.18. The summed E-state index contributed by atoms with van der Waals surface area (Å²) in [6.45, 7) is 2.07. The lowest BCUT2D eigenvalue weighted by Gasteiger charge is -2.21. The first kappa shape index (κ1) is 17.5. The fraction of sp³-hybridized carbons (Fsp3) is 0.238. The Morgan fingerprint density at radius 3 is 2.56 bits per heavy atom. The molecular formula is C21H21N3O2S. The third-order valence-electron chi connectivity index (χ3n) is 4.61. The minimum atomic E-state index is 0.190. The van der Waals surface area contributed by atoms with Crippen LogP contribution in [0, 0.1) is 0 Å². The molecule has 138 valence electrons. The molecule has 0 saturated heterocycles. The number of hydrazone groups is 1. The molecule has 0 N–H and O–H groups in total. The average Bonchev–Trinajstić information content (AvgIpc) is 3.35. The van der Waals surface area contributed by atoms with E-state index in [1.807, 2.05) is 29.3 Å². The van der Waals surface area contributed by atoms with Crippen LogP contribution in [0.5, 0.6) is 11.5 Å². The van der Waals surface area contributed by atoms with Crippen molar-refractivity contribution < 1.29 is 9.47 Å². The number of nitrogens with zero attached hydrogens (tertiary/aromatic N) is 3. The van der Waals surface area contributed by atoms with Crippen LogP contribution in [0.3, 0.4) is 0 Å². The summed E-state index contributed by atoms with van der Waals surface area (Å²) in [7, 11) is 3.27. The first-order valence-electron chi connectivity index (χ1n) is 8.76. The van der Waals surface area contributed by atoms with Crippen molar-refractivity contribution >= 4 is 22.2 Å². The number of rotatable bonds is 5. The number of hydrogen-bond donors (Lipinski definition) is 0. The van der Waals surface area contributed by atoms with Gasteiger partial charge in [0, 0.05) is 23.1 Å². The second kappa shape index (κ2) is 7.40. The van der Waals surface area contributed by atoms with E-state index in [1.54, 1.807) is 25.6 Å². The van der Waals surface area contributed by atoms with Gasteiger partial charge in [0.1, 0.15) is 0 Å². The third kappa shape index (κ3) is 3.40. The van der Waals surface area contributed by atoms with Crippen LogP contribution in [-0.2, 0) is 0 Å². The number of thiazole rings is 1. The topological polar surface area (TPSA) is 47.0 Å². The van der Waals surface area contributed by atoms with Gasteiger partial charge in [0.05, 0.1) is 26.0 Å². The Kier molecular flexibility index (Phi) is 4.81. The third-order valence-corrected chi connectivity index (χ3v) is 5.44. The molecule has 0 bridgehead atoms. The summed E-state index contributed by atoms with van der Waals surface area (Å²) in [6.07, 6.45) is 0.912. The van der Waals surface area contributed by atoms with Crippen LogP contribution in [0.25, 0.3) is 11.3 Å². The summed E-state index contributed by atoms with van der Waals surface area (Å²) in [6, 6.07) is 16.5. The maximum atomic E-state index is 5.41. The van der Waals surface area contributed by atoms with Gasteiger partial charge in [-0.3, -0.25) is 0 Å². The Morgan fingerprint density at radius 1 is 1.04 bits per heavy atom. The first-order valence-corrected chi connectivity index (χ1v) is 9.63. The predicted molar refractivity (Wildman–Crippen MR) is 110 cm³/mol. The molecule has 5 nitrogen and oxygen atoms in total. The SMILES string of the molecule is COc1ccc(-c2csc(N3N=C(C)CC3c3ccccc3)n2)cc1OC. The number of aromatic nitrogens is 1. The fourth-order valence-electron chi connectivity index (χ4n) is 3.27. The minimum absolute atomic E-state index is 0.190. The molecular weight excluding hydrogens is 358 g/mol. The second-order valence-electron chi connectivity index (χ2n) is 6.40. The quantitative estimate of drug-likeness (QED) is 0.615. The molecule has 0 radical (unpaired) electrons. The molecule has 3 aromatic rings. The van der Waals surface area contributed by atoms with Crippen LogP contribution >= 0.6 is 11.3 Å². The normalized spacial score (nSPS) is 16.3. The molecule has 2 aromatic carbocycles. The van der Waals surface area contributed by atoms with E-state index in [9.17, 15) is 0 Å². The lowest BCUT2D eigenvalue weighted by molar-refractivity contribution is 0.355. The summed E-state index contributed by atoms with van der Waals surface area (Å²) in [5, 5.41) is 9.73. The number of hydrogen-bond acceptors (Lipinski definition) is 6. The Labute approximate surface area is 162 Å². The van der Waals surface area contributed by atoms with E-state index in [4.69, 9.17) is 19.6 Å². The Balaban J connectivity index is 1.66. The van der Waals surface area contributed by atoms with Gasteiger partial charge in [0.25, 0.3) is 0 Å². The van der Waals surface area contributed by atoms with Gasteiger partial charge in [-0.05, 0) is 30.7 Å². The van der Waals surface area contributed by atoms with Crippen molar-refractivity contribution in [2.75, 3.05) is 19.2 Å². The van der Waals surface area contributed by atoms with E-state index in [0.29, 0.717) is 11.5 Å². The van der Waals surface area contributed by atoms with Crippen LogP contribution in [0.2, 0.25) is 0 Å². The minimum Gasteiger partial charge on any atom is -0.493 e. The van der Waals surface area contributed by atoms with Gasteiger partial charge in [-0.15, -0.1) is 11.3 Å². The number of anilines is 1. The molecule has 4 rings (SSSR count). The molecule has 1 aromatic heterocycles. The van der Waals surface area contributed by atoms with Crippen LogP contribution in [0.4, 0.5) is 5.13 Å². The zero-order valence-corrected chi connectivity index (χ0v) is 16.4. The highest BCUT2D eigenvalue weighted by molar-refractivity contribution is 7.14. The van der Waals surface area contributed by atoms with E-state index >= 15 is 0 Å². The molecule has 1 unspecified atom stereocenters. The number of methoxy groups -OCH3 is 2. The smallest absolute Gasteiger partial charge is 0.207 e. The highest BCUT2D eigenvalue weighted by Gasteiger charge is 2.29. The molecule has 1 aliphatic heterocycles. The van der Waals surface area contributed by atoms with Crippen molar-refractivity contribution in [1.82, 2.24) is 4.98 Å². The fourth-order valence-corrected chi connectivity index (χ4v) is 4.10. The van der Waals surface area contributed by atoms with Crippen molar-refractivity contribution in [3.05, 3.63) is 59.5 Å². The van der Waals surface area contributed by atoms with Gasteiger partial charge in [-0.25, -0.2) is 9.99 Å². The molecule has 1 aliphatic rings. The molecule has 0 amide bonds. The molecule has 0 fully saturated rings. The maximum Gasteiger partial charge on any atom is 0.207 e. The predicted octanol–water partition coefficient (Wildman–Crippen LogP) is 5.15. The van der Waals surface area contributed by atoms with Gasteiger partial charge in [0.15, 0.2) is 11.5 Å². The summed E-state index contributed by atoms with van der Waals surface area (Å²) >= 11 is 1.60. The molecule has 0 saturated carbocycles. The van der Waals surface area contributed by atoms with E-state index in [-0.39, 0.29) is 6.04 Å². The lowest BCUT2D eigenvalue weighted by atomic mass is 10.0. The van der Waals surface area contributed by atoms with Crippen molar-refractivity contribution in [2.24, 2.45) is 5.10 Å². The van der Waals surface area contributed by atoms with E-state index in [2.05, 4.69) is 36.6 Å². The Hall–Kier alpha value is -2.86. The van der Waals surface area contributed by atoms with Gasteiger partial charge in [-0.2, -0.15) is 5.10 Å². The summed E-state index contributed by atoms with van der Waals surface area (Å²) in [5.74, 6) is 1.40. The first-order chi connectivity index (χ1) is 13.2. The monoisotopic (exact) mass is 379 g/mol. The van der Waals surface area contributed by atoms with E-state index in [1.165, 1.54) is 5.56 Å². The van der Waals surface area contributed by atoms with Crippen molar-refractivity contribution in [1.29, 1.82) is 0 Å². The summed E-state index contributed by atoms with van der Waals surface area (Å²) in [5.41, 5.74) is 4.27. The van der Waals surface area contributed by atoms with Crippen LogP contribution in [0.1, 0.15) is 24.9 Å². The molecule has 27 heavy (non-hydrogen) atoms. The van der Waals surface area contributed by atoms with Crippen LogP contribution < -0.4 is 14.5 Å². The van der Waals surface area contributed by atoms with Gasteiger partial charge < -0.3 is 9.47 Å². The molecule has 2 heterocycles. The van der Waals surface area contributed by atoms with Crippen molar-refractivity contribution in [3.8, 4) is 22.8 Å². The Morgan fingerprint density at radius 2 is 1.81 bits per heavy atom. The highest BCUT2D eigenvalue weighted by atomic mass is 32.1. The molecule has 0 spiro atoms. The summed E-state index contributed by atoms with van der Waals surface area (Å²) in [4.78, 5) is 4.84. The molecule has 6 heteroatoms. The van der Waals surface area contributed by atoms with Crippen molar-refractivity contribution in [2.45, 2.75) is 19.4 Å². The van der Waals surface area contributed by atoms with E-state index < -0.39 is 0 Å². The largest absolute Gasteiger partial charge is 0.493 e. The summed E-state index contributed by atoms with van der Waals surface area (Å²) < 4.78 is 10.7. The zero-order chi connectivity index (χ0) is 18.8. The highest BCUT2D eigenvalue weighted by Crippen LogP contribution is 2.39. The average molecular weight is 379 g/mol. The standard InChI is InChI=1S/C21H21N3O2S/c1-14-11-18(15-7-5-4-6-8-15)24(23-14)21-22-17(13-27-21)16-9-10-19(25-2)20(12-16)26-3/h4-10,12-13,18H,11H2,1-3H3. The van der Waals surface area contributed by atoms with Crippen molar-refractivity contribution in [3.63, 3.8) is 0 Å². The second-order valence-corrected chi connectivity index (χ2v) is 7.23. The van der Waals surface area contributed by atoms with E-state index in [0.717, 1.165) is 28.5 Å². The number of benzene rings is 2. The maximum absolute atomic E-state index is 5.41. The van der Waals surface area contributed by atoms with Gasteiger partial charge in [0.2, 0.25) is 5.13 Å². The van der Waals surface area contributed by atoms with Crippen LogP contribution in [-0.4, -0.2) is 24.9 Å². The van der Waals surface area contributed by atoms with Gasteiger partial charge >= 0.3 is 0 Å².